The molecule has 0 aliphatic carbocycles. The molecule has 2 amide bonds. The number of urea groups is 1. The van der Waals surface area contributed by atoms with Crippen LogP contribution in [0.4, 0.5) is 21.9 Å². The summed E-state index contributed by atoms with van der Waals surface area (Å²) in [5.41, 5.74) is 4.93. The van der Waals surface area contributed by atoms with Crippen molar-refractivity contribution in [1.29, 1.82) is 0 Å². The number of carbonyl (C=O) groups excluding carboxylic acids is 1. The number of benzene rings is 2. The topological polar surface area (TPSA) is 53.6 Å². The summed E-state index contributed by atoms with van der Waals surface area (Å²) in [7, 11) is 0. The van der Waals surface area contributed by atoms with Crippen LogP contribution in [-0.2, 0) is 4.74 Å². The van der Waals surface area contributed by atoms with Crippen LogP contribution in [-0.4, -0.2) is 32.3 Å². The van der Waals surface area contributed by atoms with Gasteiger partial charge in [-0.25, -0.2) is 4.79 Å². The van der Waals surface area contributed by atoms with Gasteiger partial charge in [-0.05, 0) is 36.1 Å². The molecular weight excluding hydrogens is 326 g/mol. The first-order chi connectivity index (χ1) is 12.6. The van der Waals surface area contributed by atoms with Gasteiger partial charge in [-0.2, -0.15) is 0 Å². The van der Waals surface area contributed by atoms with E-state index in [1.54, 1.807) is 0 Å². The first-order valence-corrected chi connectivity index (χ1v) is 9.15. The van der Waals surface area contributed by atoms with Crippen LogP contribution in [0.25, 0.3) is 0 Å². The van der Waals surface area contributed by atoms with Crippen molar-refractivity contribution in [3.63, 3.8) is 0 Å². The van der Waals surface area contributed by atoms with E-state index < -0.39 is 0 Å². The third kappa shape index (κ3) is 4.17. The summed E-state index contributed by atoms with van der Waals surface area (Å²) < 4.78 is 5.43. The van der Waals surface area contributed by atoms with Gasteiger partial charge >= 0.3 is 6.03 Å². The van der Waals surface area contributed by atoms with Crippen molar-refractivity contribution >= 4 is 23.1 Å². The monoisotopic (exact) mass is 353 g/mol. The molecule has 138 valence electrons. The van der Waals surface area contributed by atoms with Gasteiger partial charge in [0.2, 0.25) is 0 Å². The minimum absolute atomic E-state index is 0.220. The summed E-state index contributed by atoms with van der Waals surface area (Å²) in [5, 5.41) is 6.06. The Bertz CT molecular complexity index is 768. The number of hydrogen-bond acceptors (Lipinski definition) is 3. The van der Waals surface area contributed by atoms with Crippen LogP contribution in [0.2, 0.25) is 0 Å². The second-order valence-corrected chi connectivity index (χ2v) is 6.89. The molecule has 0 radical (unpaired) electrons. The Morgan fingerprint density at radius 3 is 2.50 bits per heavy atom. The lowest BCUT2D eigenvalue weighted by Gasteiger charge is -2.30. The van der Waals surface area contributed by atoms with E-state index in [0.29, 0.717) is 19.1 Å². The molecule has 0 unspecified atom stereocenters. The third-order valence-corrected chi connectivity index (χ3v) is 4.67. The molecule has 0 spiro atoms. The average molecular weight is 353 g/mol. The van der Waals surface area contributed by atoms with Crippen molar-refractivity contribution in [2.75, 3.05) is 41.8 Å². The highest BCUT2D eigenvalue weighted by Crippen LogP contribution is 2.29. The molecular formula is C21H27N3O2. The van der Waals surface area contributed by atoms with Gasteiger partial charge in [0.15, 0.2) is 0 Å². The standard InChI is InChI=1S/C21H27N3O2/c1-15(2)17-8-6-7-16(3)20(17)23-21(25)22-18-9-4-5-10-19(18)24-11-13-26-14-12-24/h4-10,15H,11-14H2,1-3H3,(H2,22,23,25). The number of amides is 2. The van der Waals surface area contributed by atoms with Gasteiger partial charge in [-0.15, -0.1) is 0 Å². The zero-order valence-electron chi connectivity index (χ0n) is 15.7. The number of anilines is 3. The van der Waals surface area contributed by atoms with Gasteiger partial charge in [-0.1, -0.05) is 44.2 Å². The zero-order valence-corrected chi connectivity index (χ0v) is 15.7. The number of nitrogens with one attached hydrogen (secondary N) is 2. The Hall–Kier alpha value is -2.53. The van der Waals surface area contributed by atoms with Crippen LogP contribution < -0.4 is 15.5 Å². The molecule has 1 saturated heterocycles. The minimum atomic E-state index is -0.220. The van der Waals surface area contributed by atoms with Crippen molar-refractivity contribution in [2.24, 2.45) is 0 Å². The van der Waals surface area contributed by atoms with E-state index in [1.165, 1.54) is 0 Å². The molecule has 0 bridgehead atoms. The summed E-state index contributed by atoms with van der Waals surface area (Å²) in [4.78, 5) is 14.9. The fourth-order valence-electron chi connectivity index (χ4n) is 3.27. The average Bonchev–Trinajstić information content (AvgIpc) is 2.64. The van der Waals surface area contributed by atoms with Crippen LogP contribution in [0.15, 0.2) is 42.5 Å². The third-order valence-electron chi connectivity index (χ3n) is 4.67. The number of ether oxygens (including phenoxy) is 1. The molecule has 3 rings (SSSR count). The summed E-state index contributed by atoms with van der Waals surface area (Å²) in [6, 6.07) is 13.8. The largest absolute Gasteiger partial charge is 0.378 e. The molecule has 0 atom stereocenters. The normalized spacial score (nSPS) is 14.4. The van der Waals surface area contributed by atoms with Crippen molar-refractivity contribution in [3.05, 3.63) is 53.6 Å². The molecule has 2 aromatic carbocycles. The van der Waals surface area contributed by atoms with Gasteiger partial charge < -0.3 is 20.3 Å². The maximum absolute atomic E-state index is 12.7. The summed E-state index contributed by atoms with van der Waals surface area (Å²) >= 11 is 0. The molecule has 5 heteroatoms. The SMILES string of the molecule is Cc1cccc(C(C)C)c1NC(=O)Nc1ccccc1N1CCOCC1. The van der Waals surface area contributed by atoms with Crippen LogP contribution >= 0.6 is 0 Å². The molecule has 1 aliphatic heterocycles. The molecule has 2 N–H and O–H groups in total. The van der Waals surface area contributed by atoms with E-state index in [0.717, 1.165) is 41.3 Å². The highest BCUT2D eigenvalue weighted by atomic mass is 16.5. The molecule has 26 heavy (non-hydrogen) atoms. The van der Waals surface area contributed by atoms with Crippen LogP contribution in [0.3, 0.4) is 0 Å². The van der Waals surface area contributed by atoms with E-state index in [-0.39, 0.29) is 6.03 Å². The number of rotatable bonds is 4. The fourth-order valence-corrected chi connectivity index (χ4v) is 3.27. The van der Waals surface area contributed by atoms with E-state index in [2.05, 4.69) is 35.4 Å². The molecule has 0 saturated carbocycles. The Labute approximate surface area is 155 Å². The van der Waals surface area contributed by atoms with Crippen LogP contribution in [0, 0.1) is 6.92 Å². The fraction of sp³-hybridized carbons (Fsp3) is 0.381. The lowest BCUT2D eigenvalue weighted by molar-refractivity contribution is 0.123. The summed E-state index contributed by atoms with van der Waals surface area (Å²) in [5.74, 6) is 0.339. The Balaban J connectivity index is 1.78. The quantitative estimate of drug-likeness (QED) is 0.845. The van der Waals surface area contributed by atoms with E-state index in [4.69, 9.17) is 4.74 Å². The first kappa shape index (κ1) is 18.3. The summed E-state index contributed by atoms with van der Waals surface area (Å²) in [6.07, 6.45) is 0. The number of aryl methyl sites for hydroxylation is 1. The molecule has 5 nitrogen and oxygen atoms in total. The van der Waals surface area contributed by atoms with E-state index in [1.807, 2.05) is 43.3 Å². The van der Waals surface area contributed by atoms with E-state index >= 15 is 0 Å². The Morgan fingerprint density at radius 2 is 1.77 bits per heavy atom. The van der Waals surface area contributed by atoms with Crippen molar-refractivity contribution in [2.45, 2.75) is 26.7 Å². The van der Waals surface area contributed by atoms with Gasteiger partial charge in [0.1, 0.15) is 0 Å². The predicted octanol–water partition coefficient (Wildman–Crippen LogP) is 4.60. The van der Waals surface area contributed by atoms with E-state index in [9.17, 15) is 4.79 Å². The molecule has 0 aromatic heterocycles. The number of carbonyl (C=O) groups is 1. The molecule has 1 aliphatic rings. The van der Waals surface area contributed by atoms with Gasteiger partial charge in [0, 0.05) is 18.8 Å². The van der Waals surface area contributed by atoms with Crippen LogP contribution in [0.5, 0.6) is 0 Å². The number of para-hydroxylation sites is 3. The highest BCUT2D eigenvalue weighted by molar-refractivity contribution is 6.02. The Kier molecular flexibility index (Phi) is 5.78. The second-order valence-electron chi connectivity index (χ2n) is 6.89. The minimum Gasteiger partial charge on any atom is -0.378 e. The zero-order chi connectivity index (χ0) is 18.5. The first-order valence-electron chi connectivity index (χ1n) is 9.15. The molecule has 1 heterocycles. The lowest BCUT2D eigenvalue weighted by atomic mass is 9.98. The van der Waals surface area contributed by atoms with Crippen molar-refractivity contribution in [1.82, 2.24) is 0 Å². The number of hydrogen-bond donors (Lipinski definition) is 2. The van der Waals surface area contributed by atoms with Crippen molar-refractivity contribution in [3.8, 4) is 0 Å². The second kappa shape index (κ2) is 8.23. The van der Waals surface area contributed by atoms with Gasteiger partial charge in [-0.3, -0.25) is 0 Å². The molecule has 1 fully saturated rings. The van der Waals surface area contributed by atoms with Crippen LogP contribution in [0.1, 0.15) is 30.9 Å². The maximum atomic E-state index is 12.7. The van der Waals surface area contributed by atoms with Gasteiger partial charge in [0.25, 0.3) is 0 Å². The lowest BCUT2D eigenvalue weighted by Crippen LogP contribution is -2.37. The Morgan fingerprint density at radius 1 is 1.04 bits per heavy atom. The number of morpholine rings is 1. The highest BCUT2D eigenvalue weighted by Gasteiger charge is 2.17. The van der Waals surface area contributed by atoms with Crippen molar-refractivity contribution < 1.29 is 9.53 Å². The number of nitrogens with zero attached hydrogens (tertiary/aromatic N) is 1. The predicted molar refractivity (Wildman–Crippen MR) is 107 cm³/mol. The molecule has 2 aromatic rings. The maximum Gasteiger partial charge on any atom is 0.323 e. The van der Waals surface area contributed by atoms with Gasteiger partial charge in [0.05, 0.1) is 24.6 Å². The smallest absolute Gasteiger partial charge is 0.323 e. The summed E-state index contributed by atoms with van der Waals surface area (Å²) in [6.45, 7) is 9.36.